The monoisotopic (exact) mass is 258 g/mol. The van der Waals surface area contributed by atoms with Crippen molar-refractivity contribution in [2.24, 2.45) is 0 Å². The molecule has 0 aliphatic heterocycles. The van der Waals surface area contributed by atoms with Gasteiger partial charge in [0.15, 0.2) is 5.60 Å². The topological polar surface area (TPSA) is 98.7 Å². The van der Waals surface area contributed by atoms with Crippen molar-refractivity contribution in [2.45, 2.75) is 51.2 Å². The zero-order valence-electron chi connectivity index (χ0n) is 10.9. The van der Waals surface area contributed by atoms with E-state index in [0.717, 1.165) is 6.08 Å². The van der Waals surface area contributed by atoms with Crippen LogP contribution >= 0.6 is 0 Å². The number of hydrogen-bond donors (Lipinski definition) is 0. The van der Waals surface area contributed by atoms with E-state index in [1.54, 1.807) is 20.8 Å². The number of carboxylic acid groups (broad SMARTS) is 2. The third-order valence-corrected chi connectivity index (χ3v) is 2.04. The van der Waals surface area contributed by atoms with E-state index in [-0.39, 0.29) is 19.3 Å². The Bertz CT molecular complexity index is 317. The first-order valence-corrected chi connectivity index (χ1v) is 5.55. The molecule has 0 radical (unpaired) electrons. The minimum Gasteiger partial charge on any atom is -0.550 e. The van der Waals surface area contributed by atoms with Gasteiger partial charge in [-0.25, -0.2) is 9.78 Å². The smallest absolute Gasteiger partial charge is 0.160 e. The molecular formula is C12H18O6-2. The SMILES string of the molecule is C=CC(CCCC(=O)[O-])(OOC(C)(C)C)C(=O)[O-]. The average Bonchev–Trinajstić information content (AvgIpc) is 2.21. The minimum atomic E-state index is -1.86. The Kier molecular flexibility index (Phi) is 6.00. The molecule has 1 atom stereocenters. The third-order valence-electron chi connectivity index (χ3n) is 2.04. The minimum absolute atomic E-state index is 0.0514. The zero-order valence-corrected chi connectivity index (χ0v) is 10.9. The lowest BCUT2D eigenvalue weighted by atomic mass is 9.97. The maximum Gasteiger partial charge on any atom is 0.160 e. The lowest BCUT2D eigenvalue weighted by Crippen LogP contribution is -2.50. The van der Waals surface area contributed by atoms with Crippen molar-refractivity contribution in [1.29, 1.82) is 0 Å². The van der Waals surface area contributed by atoms with Gasteiger partial charge in [0.2, 0.25) is 0 Å². The fraction of sp³-hybridized carbons (Fsp3) is 0.667. The van der Waals surface area contributed by atoms with E-state index < -0.39 is 23.1 Å². The number of rotatable bonds is 8. The Morgan fingerprint density at radius 2 is 1.78 bits per heavy atom. The molecule has 0 amide bonds. The quantitative estimate of drug-likeness (QED) is 0.325. The highest BCUT2D eigenvalue weighted by atomic mass is 17.2. The Balaban J connectivity index is 4.67. The van der Waals surface area contributed by atoms with Gasteiger partial charge in [0.25, 0.3) is 0 Å². The van der Waals surface area contributed by atoms with E-state index in [4.69, 9.17) is 9.78 Å². The van der Waals surface area contributed by atoms with Crippen LogP contribution in [0, 0.1) is 0 Å². The molecule has 0 saturated carbocycles. The molecule has 0 aromatic rings. The molecule has 0 saturated heterocycles. The highest BCUT2D eigenvalue weighted by molar-refractivity contribution is 5.78. The first-order valence-electron chi connectivity index (χ1n) is 5.55. The van der Waals surface area contributed by atoms with Gasteiger partial charge in [-0.15, -0.1) is 0 Å². The van der Waals surface area contributed by atoms with Crippen molar-refractivity contribution in [3.05, 3.63) is 12.7 Å². The van der Waals surface area contributed by atoms with Gasteiger partial charge in [-0.3, -0.25) is 0 Å². The summed E-state index contributed by atoms with van der Waals surface area (Å²) >= 11 is 0. The molecule has 0 aromatic carbocycles. The number of carboxylic acids is 2. The highest BCUT2D eigenvalue weighted by Gasteiger charge is 2.32. The summed E-state index contributed by atoms with van der Waals surface area (Å²) in [5.41, 5.74) is -2.57. The normalized spacial score (nSPS) is 14.8. The number of carbonyl (C=O) groups is 2. The molecule has 0 aromatic heterocycles. The van der Waals surface area contributed by atoms with Crippen molar-refractivity contribution in [2.75, 3.05) is 0 Å². The molecule has 1 unspecified atom stereocenters. The molecule has 0 N–H and O–H groups in total. The van der Waals surface area contributed by atoms with Gasteiger partial charge in [0.1, 0.15) is 0 Å². The van der Waals surface area contributed by atoms with Gasteiger partial charge in [0, 0.05) is 5.97 Å². The van der Waals surface area contributed by atoms with Gasteiger partial charge >= 0.3 is 0 Å². The van der Waals surface area contributed by atoms with Crippen LogP contribution in [0.15, 0.2) is 12.7 Å². The predicted molar refractivity (Wildman–Crippen MR) is 58.7 cm³/mol. The largest absolute Gasteiger partial charge is 0.550 e. The predicted octanol–water partition coefficient (Wildman–Crippen LogP) is -0.672. The van der Waals surface area contributed by atoms with Crippen molar-refractivity contribution >= 4 is 11.9 Å². The van der Waals surface area contributed by atoms with Crippen molar-refractivity contribution in [3.63, 3.8) is 0 Å². The second-order valence-corrected chi connectivity index (χ2v) is 4.89. The van der Waals surface area contributed by atoms with Crippen molar-refractivity contribution in [3.8, 4) is 0 Å². The van der Waals surface area contributed by atoms with E-state index in [0.29, 0.717) is 0 Å². The molecule has 0 aliphatic rings. The van der Waals surface area contributed by atoms with E-state index >= 15 is 0 Å². The van der Waals surface area contributed by atoms with Crippen LogP contribution in [-0.2, 0) is 19.4 Å². The molecule has 0 bridgehead atoms. The van der Waals surface area contributed by atoms with Gasteiger partial charge in [0.05, 0.1) is 11.6 Å². The summed E-state index contributed by atoms with van der Waals surface area (Å²) in [4.78, 5) is 31.2. The van der Waals surface area contributed by atoms with Gasteiger partial charge in [-0.1, -0.05) is 12.7 Å². The van der Waals surface area contributed by atoms with Crippen LogP contribution in [0.4, 0.5) is 0 Å². The van der Waals surface area contributed by atoms with E-state index in [1.807, 2.05) is 0 Å². The standard InChI is InChI=1S/C12H20O6/c1-5-12(10(15)16,8-6-7-9(13)14)18-17-11(2,3)4/h5H,1,6-8H2,2-4H3,(H,13,14)(H,15,16)/p-2. The second-order valence-electron chi connectivity index (χ2n) is 4.89. The fourth-order valence-electron chi connectivity index (χ4n) is 1.09. The van der Waals surface area contributed by atoms with Crippen LogP contribution in [0.1, 0.15) is 40.0 Å². The molecule has 0 heterocycles. The summed E-state index contributed by atoms with van der Waals surface area (Å²) in [6.07, 6.45) is 0.684. The molecule has 6 heteroatoms. The molecule has 0 aliphatic carbocycles. The lowest BCUT2D eigenvalue weighted by Gasteiger charge is -2.33. The zero-order chi connectivity index (χ0) is 14.4. The van der Waals surface area contributed by atoms with Crippen LogP contribution in [0.25, 0.3) is 0 Å². The molecule has 0 fully saturated rings. The number of hydrogen-bond acceptors (Lipinski definition) is 6. The first-order chi connectivity index (χ1) is 8.13. The maximum atomic E-state index is 11.1. The fourth-order valence-corrected chi connectivity index (χ4v) is 1.09. The second kappa shape index (κ2) is 6.51. The van der Waals surface area contributed by atoms with Gasteiger partial charge in [-0.2, -0.15) is 0 Å². The van der Waals surface area contributed by atoms with E-state index in [9.17, 15) is 19.8 Å². The van der Waals surface area contributed by atoms with Gasteiger partial charge < -0.3 is 19.8 Å². The highest BCUT2D eigenvalue weighted by Crippen LogP contribution is 2.23. The maximum absolute atomic E-state index is 11.1. The van der Waals surface area contributed by atoms with Crippen LogP contribution in [0.3, 0.4) is 0 Å². The summed E-state index contributed by atoms with van der Waals surface area (Å²) in [5, 5.41) is 21.4. The van der Waals surface area contributed by atoms with Crippen LogP contribution in [-0.4, -0.2) is 23.1 Å². The summed E-state index contributed by atoms with van der Waals surface area (Å²) < 4.78 is 0. The molecular weight excluding hydrogens is 240 g/mol. The number of carbonyl (C=O) groups excluding carboxylic acids is 2. The Hall–Kier alpha value is -1.40. The first kappa shape index (κ1) is 16.6. The van der Waals surface area contributed by atoms with Crippen molar-refractivity contribution < 1.29 is 29.6 Å². The van der Waals surface area contributed by atoms with E-state index in [1.165, 1.54) is 0 Å². The molecule has 6 nitrogen and oxygen atoms in total. The molecule has 104 valence electrons. The molecule has 0 spiro atoms. The summed E-state index contributed by atoms with van der Waals surface area (Å²) in [6.45, 7) is 8.40. The van der Waals surface area contributed by atoms with Crippen molar-refractivity contribution in [1.82, 2.24) is 0 Å². The Labute approximate surface area is 106 Å². The van der Waals surface area contributed by atoms with Gasteiger partial charge in [-0.05, 0) is 40.0 Å². The molecule has 18 heavy (non-hydrogen) atoms. The van der Waals surface area contributed by atoms with Crippen LogP contribution < -0.4 is 10.2 Å². The Morgan fingerprint density at radius 3 is 2.11 bits per heavy atom. The van der Waals surface area contributed by atoms with Crippen LogP contribution in [0.5, 0.6) is 0 Å². The summed E-state index contributed by atoms with van der Waals surface area (Å²) in [7, 11) is 0. The third kappa shape index (κ3) is 5.79. The Morgan fingerprint density at radius 1 is 1.22 bits per heavy atom. The molecule has 0 rings (SSSR count). The van der Waals surface area contributed by atoms with Crippen LogP contribution in [0.2, 0.25) is 0 Å². The number of aliphatic carboxylic acids is 2. The lowest BCUT2D eigenvalue weighted by molar-refractivity contribution is -0.411. The summed E-state index contributed by atoms with van der Waals surface area (Å²) in [6, 6.07) is 0. The van der Waals surface area contributed by atoms with E-state index in [2.05, 4.69) is 6.58 Å². The summed E-state index contributed by atoms with van der Waals surface area (Å²) in [5.74, 6) is -2.79. The average molecular weight is 258 g/mol.